The van der Waals surface area contributed by atoms with Crippen LogP contribution in [0.5, 0.6) is 0 Å². The minimum atomic E-state index is -1.41. The van der Waals surface area contributed by atoms with Gasteiger partial charge in [-0.05, 0) is 69.3 Å². The van der Waals surface area contributed by atoms with Crippen molar-refractivity contribution in [2.45, 2.75) is 83.1 Å². The maximum atomic E-state index is 13.3. The second kappa shape index (κ2) is 9.24. The van der Waals surface area contributed by atoms with Gasteiger partial charge in [-0.1, -0.05) is 45.2 Å². The summed E-state index contributed by atoms with van der Waals surface area (Å²) >= 11 is 0.979. The van der Waals surface area contributed by atoms with Crippen LogP contribution in [0.3, 0.4) is 0 Å². The van der Waals surface area contributed by atoms with Crippen LogP contribution in [0.15, 0.2) is 29.2 Å². The lowest BCUT2D eigenvalue weighted by atomic mass is 9.69. The summed E-state index contributed by atoms with van der Waals surface area (Å²) in [5, 5.41) is 12.7. The molecular weight excluding hydrogens is 358 g/mol. The number of para-hydroxylation sites is 1. The van der Waals surface area contributed by atoms with Crippen molar-refractivity contribution in [1.82, 2.24) is 0 Å². The second-order valence-electron chi connectivity index (χ2n) is 8.67. The quantitative estimate of drug-likeness (QED) is 0.611. The summed E-state index contributed by atoms with van der Waals surface area (Å²) in [5.41, 5.74) is -1.07. The molecule has 0 aromatic heterocycles. The van der Waals surface area contributed by atoms with Gasteiger partial charge in [0.1, 0.15) is 5.60 Å². The zero-order valence-corrected chi connectivity index (χ0v) is 17.8. The van der Waals surface area contributed by atoms with Gasteiger partial charge in [0, 0.05) is 10.3 Å². The first-order chi connectivity index (χ1) is 12.6. The van der Waals surface area contributed by atoms with E-state index in [1.165, 1.54) is 20.3 Å². The highest BCUT2D eigenvalue weighted by molar-refractivity contribution is 8.14. The first-order valence-corrected chi connectivity index (χ1v) is 10.8. The summed E-state index contributed by atoms with van der Waals surface area (Å²) in [4.78, 5) is 26.2. The standard InChI is InChI=1S/C22H33NO3S/c1-16(2)12-15-22(13-8-5-9-14-22)19(24)23-17-10-6-7-11-18(17)27-20(25)21(3,4)26/h6-7,10-11,16,26H,5,8-9,12-15H2,1-4H3,(H,23,24). The molecular formula is C22H33NO3S. The summed E-state index contributed by atoms with van der Waals surface area (Å²) in [6.45, 7) is 7.35. The highest BCUT2D eigenvalue weighted by Gasteiger charge is 2.39. The number of hydrogen-bond acceptors (Lipinski definition) is 4. The zero-order valence-electron chi connectivity index (χ0n) is 17.0. The first-order valence-electron chi connectivity index (χ1n) is 9.99. The van der Waals surface area contributed by atoms with Gasteiger partial charge < -0.3 is 10.4 Å². The Labute approximate surface area is 167 Å². The monoisotopic (exact) mass is 391 g/mol. The Morgan fingerprint density at radius 3 is 2.41 bits per heavy atom. The highest BCUT2D eigenvalue weighted by atomic mass is 32.2. The second-order valence-corrected chi connectivity index (χ2v) is 9.69. The maximum Gasteiger partial charge on any atom is 0.230 e. The van der Waals surface area contributed by atoms with Crippen LogP contribution in [0, 0.1) is 11.3 Å². The third kappa shape index (κ3) is 6.08. The van der Waals surface area contributed by atoms with E-state index in [0.29, 0.717) is 16.5 Å². The van der Waals surface area contributed by atoms with E-state index in [0.717, 1.165) is 50.3 Å². The van der Waals surface area contributed by atoms with Crippen LogP contribution in [0.25, 0.3) is 0 Å². The van der Waals surface area contributed by atoms with Gasteiger partial charge in [0.15, 0.2) is 0 Å². The molecule has 1 aliphatic rings. The van der Waals surface area contributed by atoms with E-state index in [2.05, 4.69) is 19.2 Å². The molecule has 0 unspecified atom stereocenters. The summed E-state index contributed by atoms with van der Waals surface area (Å²) < 4.78 is 0. The van der Waals surface area contributed by atoms with Gasteiger partial charge >= 0.3 is 0 Å². The molecule has 4 nitrogen and oxygen atoms in total. The van der Waals surface area contributed by atoms with Gasteiger partial charge in [0.2, 0.25) is 11.0 Å². The molecule has 0 atom stereocenters. The van der Waals surface area contributed by atoms with Crippen molar-refractivity contribution >= 4 is 28.5 Å². The van der Waals surface area contributed by atoms with Crippen molar-refractivity contribution in [1.29, 1.82) is 0 Å². The molecule has 1 aliphatic carbocycles. The van der Waals surface area contributed by atoms with Crippen molar-refractivity contribution in [2.24, 2.45) is 11.3 Å². The fraction of sp³-hybridized carbons (Fsp3) is 0.636. The molecule has 1 amide bonds. The predicted molar refractivity (Wildman–Crippen MR) is 112 cm³/mol. The van der Waals surface area contributed by atoms with E-state index in [1.54, 1.807) is 0 Å². The van der Waals surface area contributed by atoms with Crippen molar-refractivity contribution in [2.75, 3.05) is 5.32 Å². The topological polar surface area (TPSA) is 66.4 Å². The molecule has 1 saturated carbocycles. The zero-order chi connectivity index (χ0) is 20.1. The number of aliphatic hydroxyl groups is 1. The molecule has 27 heavy (non-hydrogen) atoms. The largest absolute Gasteiger partial charge is 0.382 e. The minimum absolute atomic E-state index is 0.0756. The average Bonchev–Trinajstić information content (AvgIpc) is 2.61. The van der Waals surface area contributed by atoms with Crippen molar-refractivity contribution < 1.29 is 14.7 Å². The molecule has 2 rings (SSSR count). The molecule has 0 saturated heterocycles. The SMILES string of the molecule is CC(C)CCC1(C(=O)Nc2ccccc2SC(=O)C(C)(C)O)CCCCC1. The van der Waals surface area contributed by atoms with Crippen LogP contribution in [0.4, 0.5) is 5.69 Å². The smallest absolute Gasteiger partial charge is 0.230 e. The van der Waals surface area contributed by atoms with Crippen LogP contribution < -0.4 is 5.32 Å². The highest BCUT2D eigenvalue weighted by Crippen LogP contribution is 2.42. The lowest BCUT2D eigenvalue weighted by molar-refractivity contribution is -0.128. The molecule has 1 aromatic rings. The van der Waals surface area contributed by atoms with Gasteiger partial charge in [0.25, 0.3) is 0 Å². The molecule has 0 radical (unpaired) electrons. The molecule has 5 heteroatoms. The Kier molecular flexibility index (Phi) is 7.52. The number of rotatable bonds is 7. The fourth-order valence-corrected chi connectivity index (χ4v) is 4.35. The van der Waals surface area contributed by atoms with Crippen molar-refractivity contribution in [3.05, 3.63) is 24.3 Å². The third-order valence-corrected chi connectivity index (χ3v) is 6.59. The Hall–Kier alpha value is -1.33. The normalized spacial score (nSPS) is 17.0. The Bertz CT molecular complexity index is 658. The van der Waals surface area contributed by atoms with Crippen LogP contribution in [0.2, 0.25) is 0 Å². The number of benzene rings is 1. The van der Waals surface area contributed by atoms with E-state index in [4.69, 9.17) is 0 Å². The predicted octanol–water partition coefficient (Wildman–Crippen LogP) is 5.40. The van der Waals surface area contributed by atoms with E-state index in [9.17, 15) is 14.7 Å². The summed E-state index contributed by atoms with van der Waals surface area (Å²) in [7, 11) is 0. The molecule has 0 heterocycles. The number of hydrogen-bond donors (Lipinski definition) is 2. The minimum Gasteiger partial charge on any atom is -0.382 e. The number of thioether (sulfide) groups is 1. The Morgan fingerprint density at radius 1 is 1.19 bits per heavy atom. The fourth-order valence-electron chi connectivity index (χ4n) is 3.52. The van der Waals surface area contributed by atoms with Gasteiger partial charge in [-0.3, -0.25) is 9.59 Å². The summed E-state index contributed by atoms with van der Waals surface area (Å²) in [5.74, 6) is 0.649. The number of amides is 1. The van der Waals surface area contributed by atoms with Gasteiger partial charge in [0.05, 0.1) is 5.69 Å². The van der Waals surface area contributed by atoms with Gasteiger partial charge in [-0.15, -0.1) is 0 Å². The molecule has 0 bridgehead atoms. The Morgan fingerprint density at radius 2 is 1.81 bits per heavy atom. The van der Waals surface area contributed by atoms with E-state index >= 15 is 0 Å². The van der Waals surface area contributed by atoms with Crippen LogP contribution >= 0.6 is 11.8 Å². The number of carbonyl (C=O) groups is 2. The van der Waals surface area contributed by atoms with E-state index in [1.807, 2.05) is 24.3 Å². The van der Waals surface area contributed by atoms with Gasteiger partial charge in [-0.25, -0.2) is 0 Å². The molecule has 0 spiro atoms. The summed E-state index contributed by atoms with van der Waals surface area (Å²) in [6.07, 6.45) is 7.21. The number of nitrogens with one attached hydrogen (secondary N) is 1. The third-order valence-electron chi connectivity index (χ3n) is 5.33. The van der Waals surface area contributed by atoms with Crippen molar-refractivity contribution in [3.8, 4) is 0 Å². The molecule has 1 fully saturated rings. The van der Waals surface area contributed by atoms with Crippen LogP contribution in [-0.4, -0.2) is 21.7 Å². The summed E-state index contributed by atoms with van der Waals surface area (Å²) in [6, 6.07) is 7.34. The lowest BCUT2D eigenvalue weighted by Gasteiger charge is -2.36. The van der Waals surface area contributed by atoms with Crippen LogP contribution in [-0.2, 0) is 9.59 Å². The molecule has 0 aliphatic heterocycles. The van der Waals surface area contributed by atoms with Crippen LogP contribution in [0.1, 0.15) is 72.6 Å². The lowest BCUT2D eigenvalue weighted by Crippen LogP contribution is -2.38. The molecule has 150 valence electrons. The van der Waals surface area contributed by atoms with E-state index in [-0.39, 0.29) is 16.4 Å². The van der Waals surface area contributed by atoms with E-state index < -0.39 is 5.60 Å². The molecule has 1 aromatic carbocycles. The van der Waals surface area contributed by atoms with Crippen molar-refractivity contribution in [3.63, 3.8) is 0 Å². The Balaban J connectivity index is 2.19. The number of anilines is 1. The maximum absolute atomic E-state index is 13.3. The van der Waals surface area contributed by atoms with Gasteiger partial charge in [-0.2, -0.15) is 0 Å². The number of carbonyl (C=O) groups excluding carboxylic acids is 2. The average molecular weight is 392 g/mol. The molecule has 2 N–H and O–H groups in total. The first kappa shape index (κ1) is 22.0.